The van der Waals surface area contributed by atoms with Crippen LogP contribution in [-0.4, -0.2) is 34.7 Å². The van der Waals surface area contributed by atoms with Crippen molar-refractivity contribution in [3.63, 3.8) is 0 Å². The number of fused-ring (bicyclic) bond motifs is 5. The van der Waals surface area contributed by atoms with E-state index >= 15 is 0 Å². The van der Waals surface area contributed by atoms with Crippen LogP contribution < -0.4 is 4.90 Å². The van der Waals surface area contributed by atoms with Crippen LogP contribution in [0.4, 0.5) is 5.69 Å². The lowest BCUT2D eigenvalue weighted by Gasteiger charge is -2.27. The first-order valence-electron chi connectivity index (χ1n) is 7.48. The maximum atomic E-state index is 12.9. The number of anilines is 1. The number of imide groups is 1. The number of aliphatic hydroxyl groups excluding tert-OH is 1. The third-order valence-corrected chi connectivity index (χ3v) is 5.62. The molecule has 2 fully saturated rings. The first-order chi connectivity index (χ1) is 10.8. The van der Waals surface area contributed by atoms with E-state index in [1.165, 1.54) is 4.90 Å². The van der Waals surface area contributed by atoms with Gasteiger partial charge in [-0.05, 0) is 31.5 Å². The molecular formula is C17H16ClNO4. The van der Waals surface area contributed by atoms with E-state index in [1.54, 1.807) is 37.3 Å². The molecule has 1 aromatic carbocycles. The molecule has 0 unspecified atom stereocenters. The molecule has 23 heavy (non-hydrogen) atoms. The number of aliphatic hydroxyl groups is 1. The van der Waals surface area contributed by atoms with Crippen molar-refractivity contribution in [2.45, 2.75) is 25.0 Å². The van der Waals surface area contributed by atoms with Crippen LogP contribution >= 0.6 is 11.6 Å². The van der Waals surface area contributed by atoms with Gasteiger partial charge in [-0.3, -0.25) is 9.59 Å². The molecule has 4 atom stereocenters. The summed E-state index contributed by atoms with van der Waals surface area (Å²) in [5, 5.41) is 10.3. The lowest BCUT2D eigenvalue weighted by atomic mass is 9.73. The molecule has 0 aliphatic carbocycles. The third-order valence-electron chi connectivity index (χ3n) is 5.22. The molecule has 5 nitrogen and oxygen atoms in total. The van der Waals surface area contributed by atoms with Gasteiger partial charge in [-0.2, -0.15) is 0 Å². The quantitative estimate of drug-likeness (QED) is 0.662. The summed E-state index contributed by atoms with van der Waals surface area (Å²) in [4.78, 5) is 27.0. The number of hydrogen-bond acceptors (Lipinski definition) is 4. The van der Waals surface area contributed by atoms with Crippen LogP contribution in [-0.2, 0) is 14.3 Å². The van der Waals surface area contributed by atoms with Crippen molar-refractivity contribution in [2.24, 2.45) is 11.8 Å². The minimum atomic E-state index is -1.10. The number of rotatable bonds is 2. The molecule has 1 N–H and O–H groups in total. The normalized spacial score (nSPS) is 37.8. The Morgan fingerprint density at radius 1 is 1.26 bits per heavy atom. The zero-order valence-electron chi connectivity index (χ0n) is 12.7. The van der Waals surface area contributed by atoms with Crippen molar-refractivity contribution in [1.82, 2.24) is 0 Å². The Hall–Kier alpha value is -1.69. The van der Waals surface area contributed by atoms with Crippen LogP contribution in [0.5, 0.6) is 0 Å². The summed E-state index contributed by atoms with van der Waals surface area (Å²) < 4.78 is 5.88. The Balaban J connectivity index is 1.81. The van der Waals surface area contributed by atoms with Crippen molar-refractivity contribution in [3.05, 3.63) is 40.9 Å². The predicted molar refractivity (Wildman–Crippen MR) is 84.1 cm³/mol. The van der Waals surface area contributed by atoms with Gasteiger partial charge in [-0.15, -0.1) is 0 Å². The van der Waals surface area contributed by atoms with Crippen LogP contribution in [0.3, 0.4) is 0 Å². The molecule has 3 aliphatic rings. The fourth-order valence-corrected chi connectivity index (χ4v) is 4.19. The summed E-state index contributed by atoms with van der Waals surface area (Å²) in [6.45, 7) is 3.30. The molecule has 3 aliphatic heterocycles. The van der Waals surface area contributed by atoms with Gasteiger partial charge >= 0.3 is 0 Å². The third kappa shape index (κ3) is 1.70. The summed E-state index contributed by atoms with van der Waals surface area (Å²) >= 11 is 6.13. The molecule has 2 saturated heterocycles. The molecular weight excluding hydrogens is 318 g/mol. The molecule has 0 aromatic heterocycles. The summed E-state index contributed by atoms with van der Waals surface area (Å²) in [6, 6.07) is 5.11. The first kappa shape index (κ1) is 14.9. The zero-order chi connectivity index (χ0) is 16.6. The standard InChI is InChI=1S/C17H16ClNO4/c1-9-3-4-10(7-11(9)18)19-14(21)12-13(15(19)22)17(8-20)6-5-16(12,2)23-17/h3-7,12-13,20H,8H2,1-2H3/t12-,13-,16-,17+/m1/s1. The number of amides is 2. The van der Waals surface area contributed by atoms with Gasteiger partial charge in [0.05, 0.1) is 29.7 Å². The van der Waals surface area contributed by atoms with E-state index in [1.807, 2.05) is 6.92 Å². The van der Waals surface area contributed by atoms with Gasteiger partial charge < -0.3 is 9.84 Å². The summed E-state index contributed by atoms with van der Waals surface area (Å²) in [5.74, 6) is -1.97. The highest BCUT2D eigenvalue weighted by molar-refractivity contribution is 6.32. The lowest BCUT2D eigenvalue weighted by molar-refractivity contribution is -0.131. The van der Waals surface area contributed by atoms with E-state index in [0.717, 1.165) is 5.56 Å². The fraction of sp³-hybridized carbons (Fsp3) is 0.412. The van der Waals surface area contributed by atoms with Gasteiger partial charge in [0, 0.05) is 5.02 Å². The molecule has 4 rings (SSSR count). The molecule has 3 heterocycles. The Kier molecular flexibility index (Phi) is 2.87. The fourth-order valence-electron chi connectivity index (χ4n) is 4.02. The van der Waals surface area contributed by atoms with Crippen LogP contribution in [0.15, 0.2) is 30.4 Å². The van der Waals surface area contributed by atoms with Gasteiger partial charge in [-0.1, -0.05) is 29.8 Å². The Bertz CT molecular complexity index is 776. The van der Waals surface area contributed by atoms with Crippen LogP contribution in [0.25, 0.3) is 0 Å². The smallest absolute Gasteiger partial charge is 0.241 e. The van der Waals surface area contributed by atoms with E-state index in [0.29, 0.717) is 10.7 Å². The Labute approximate surface area is 138 Å². The van der Waals surface area contributed by atoms with E-state index in [9.17, 15) is 14.7 Å². The van der Waals surface area contributed by atoms with Crippen molar-refractivity contribution >= 4 is 29.1 Å². The molecule has 0 spiro atoms. The SMILES string of the molecule is Cc1ccc(N2C(=O)[C@H]3[C@H](C2=O)[C@@]2(CO)C=C[C@@]3(C)O2)cc1Cl. The van der Waals surface area contributed by atoms with E-state index in [2.05, 4.69) is 0 Å². The molecule has 6 heteroatoms. The zero-order valence-corrected chi connectivity index (χ0v) is 13.5. The number of hydrogen-bond donors (Lipinski definition) is 1. The minimum Gasteiger partial charge on any atom is -0.393 e. The Morgan fingerprint density at radius 2 is 1.96 bits per heavy atom. The average molecular weight is 334 g/mol. The number of carbonyl (C=O) groups is 2. The highest BCUT2D eigenvalue weighted by Gasteiger charge is 2.72. The number of carbonyl (C=O) groups excluding carboxylic acids is 2. The average Bonchev–Trinajstić information content (AvgIpc) is 3.09. The second kappa shape index (κ2) is 4.44. The highest BCUT2D eigenvalue weighted by atomic mass is 35.5. The van der Waals surface area contributed by atoms with Gasteiger partial charge in [-0.25, -0.2) is 4.90 Å². The van der Waals surface area contributed by atoms with Crippen LogP contribution in [0.2, 0.25) is 5.02 Å². The second-order valence-electron chi connectivity index (χ2n) is 6.63. The van der Waals surface area contributed by atoms with Crippen molar-refractivity contribution in [2.75, 3.05) is 11.5 Å². The largest absolute Gasteiger partial charge is 0.393 e. The molecule has 120 valence electrons. The van der Waals surface area contributed by atoms with Gasteiger partial charge in [0.2, 0.25) is 11.8 Å². The Morgan fingerprint density at radius 3 is 2.61 bits per heavy atom. The first-order valence-corrected chi connectivity index (χ1v) is 7.86. The summed E-state index contributed by atoms with van der Waals surface area (Å²) in [5.41, 5.74) is -0.627. The highest BCUT2D eigenvalue weighted by Crippen LogP contribution is 2.57. The number of aryl methyl sites for hydroxylation is 1. The van der Waals surface area contributed by atoms with Crippen molar-refractivity contribution in [1.29, 1.82) is 0 Å². The topological polar surface area (TPSA) is 66.8 Å². The molecule has 1 aromatic rings. The molecule has 2 bridgehead atoms. The maximum absolute atomic E-state index is 12.9. The lowest BCUT2D eigenvalue weighted by Crippen LogP contribution is -2.43. The van der Waals surface area contributed by atoms with Gasteiger partial charge in [0.15, 0.2) is 0 Å². The second-order valence-corrected chi connectivity index (χ2v) is 7.04. The van der Waals surface area contributed by atoms with Gasteiger partial charge in [0.25, 0.3) is 0 Å². The summed E-state index contributed by atoms with van der Waals surface area (Å²) in [6.07, 6.45) is 3.49. The number of benzene rings is 1. The van der Waals surface area contributed by atoms with Gasteiger partial charge in [0.1, 0.15) is 5.60 Å². The molecule has 0 radical (unpaired) electrons. The predicted octanol–water partition coefficient (Wildman–Crippen LogP) is 1.84. The van der Waals surface area contributed by atoms with Crippen molar-refractivity contribution < 1.29 is 19.4 Å². The van der Waals surface area contributed by atoms with E-state index in [-0.39, 0.29) is 18.4 Å². The monoisotopic (exact) mass is 333 g/mol. The van der Waals surface area contributed by atoms with Crippen LogP contribution in [0.1, 0.15) is 12.5 Å². The molecule has 0 saturated carbocycles. The number of nitrogens with zero attached hydrogens (tertiary/aromatic N) is 1. The minimum absolute atomic E-state index is 0.304. The number of ether oxygens (including phenoxy) is 1. The number of halogens is 1. The molecule has 2 amide bonds. The van der Waals surface area contributed by atoms with E-state index in [4.69, 9.17) is 16.3 Å². The van der Waals surface area contributed by atoms with E-state index < -0.39 is 23.0 Å². The summed E-state index contributed by atoms with van der Waals surface area (Å²) in [7, 11) is 0. The van der Waals surface area contributed by atoms with Crippen molar-refractivity contribution in [3.8, 4) is 0 Å². The van der Waals surface area contributed by atoms with Crippen LogP contribution in [0, 0.1) is 18.8 Å². The maximum Gasteiger partial charge on any atom is 0.241 e.